The van der Waals surface area contributed by atoms with Crippen LogP contribution in [0.2, 0.25) is 0 Å². The van der Waals surface area contributed by atoms with E-state index < -0.39 is 47.9 Å². The van der Waals surface area contributed by atoms with Crippen LogP contribution in [0, 0.1) is 5.92 Å². The number of hydrogen-bond acceptors (Lipinski definition) is 8. The molecule has 2 aromatic rings. The van der Waals surface area contributed by atoms with Crippen LogP contribution in [0.15, 0.2) is 36.8 Å². The van der Waals surface area contributed by atoms with Crippen LogP contribution < -0.4 is 27.4 Å². The van der Waals surface area contributed by atoms with Gasteiger partial charge in [0.25, 0.3) is 0 Å². The molecule has 0 radical (unpaired) electrons. The van der Waals surface area contributed by atoms with Gasteiger partial charge in [0.2, 0.25) is 17.7 Å². The topological polar surface area (TPSA) is 226 Å². The summed E-state index contributed by atoms with van der Waals surface area (Å²) in [6.07, 6.45) is 4.75. The summed E-state index contributed by atoms with van der Waals surface area (Å²) in [6.45, 7) is 4.15. The van der Waals surface area contributed by atoms with Gasteiger partial charge in [-0.25, -0.2) is 9.78 Å². The van der Waals surface area contributed by atoms with Crippen LogP contribution in [-0.2, 0) is 32.0 Å². The number of hydrogen-bond donors (Lipinski definition) is 8. The lowest BCUT2D eigenvalue weighted by Gasteiger charge is -2.26. The van der Waals surface area contributed by atoms with Gasteiger partial charge in [0, 0.05) is 18.3 Å². The number of benzene rings is 1. The summed E-state index contributed by atoms with van der Waals surface area (Å²) in [5, 5.41) is 27.0. The lowest BCUT2D eigenvalue weighted by Crippen LogP contribution is -2.57. The summed E-state index contributed by atoms with van der Waals surface area (Å²) < 4.78 is 0. The molecule has 0 fully saturated rings. The lowest BCUT2D eigenvalue weighted by atomic mass is 10.0. The number of carbonyl (C=O) groups excluding carboxylic acids is 3. The van der Waals surface area contributed by atoms with Gasteiger partial charge in [0.05, 0.1) is 12.4 Å². The molecule has 0 bridgehead atoms. The number of aromatic hydroxyl groups is 1. The van der Waals surface area contributed by atoms with Crippen molar-refractivity contribution in [3.05, 3.63) is 48.0 Å². The highest BCUT2D eigenvalue weighted by Crippen LogP contribution is 2.12. The monoisotopic (exact) mass is 559 g/mol. The molecular weight excluding hydrogens is 518 g/mol. The number of nitrogens with one attached hydrogen (secondary N) is 4. The van der Waals surface area contributed by atoms with E-state index in [1.807, 2.05) is 13.8 Å². The zero-order valence-electron chi connectivity index (χ0n) is 22.9. The Kier molecular flexibility index (Phi) is 13.1. The molecule has 13 heteroatoms. The largest absolute Gasteiger partial charge is 0.508 e. The number of nitrogens with two attached hydrogens (primary N) is 2. The van der Waals surface area contributed by atoms with Crippen molar-refractivity contribution in [1.29, 1.82) is 0 Å². The molecule has 2 rings (SSSR count). The van der Waals surface area contributed by atoms with Crippen molar-refractivity contribution < 1.29 is 29.4 Å². The van der Waals surface area contributed by atoms with Crippen LogP contribution in [0.3, 0.4) is 0 Å². The number of H-pyrrole nitrogens is 1. The van der Waals surface area contributed by atoms with Gasteiger partial charge in [-0.2, -0.15) is 0 Å². The number of imidazole rings is 1. The van der Waals surface area contributed by atoms with E-state index in [1.54, 1.807) is 12.1 Å². The molecule has 1 aromatic carbocycles. The van der Waals surface area contributed by atoms with Crippen LogP contribution in [-0.4, -0.2) is 74.6 Å². The van der Waals surface area contributed by atoms with Gasteiger partial charge < -0.3 is 42.6 Å². The molecule has 1 aromatic heterocycles. The quantitative estimate of drug-likeness (QED) is 0.121. The average Bonchev–Trinajstić information content (AvgIpc) is 3.41. The first-order valence-corrected chi connectivity index (χ1v) is 13.3. The highest BCUT2D eigenvalue weighted by Gasteiger charge is 2.31. The molecule has 4 unspecified atom stereocenters. The number of aliphatic carboxylic acids is 1. The molecule has 220 valence electrons. The minimum absolute atomic E-state index is 0.00375. The summed E-state index contributed by atoms with van der Waals surface area (Å²) in [5.41, 5.74) is 13.0. The third-order valence-electron chi connectivity index (χ3n) is 6.24. The van der Waals surface area contributed by atoms with E-state index in [2.05, 4.69) is 25.9 Å². The SMILES string of the molecule is CC(C)CC(NC(=O)C(CCCCN)NC(=O)C(N)Cc1ccc(O)cc1)C(=O)NC(Cc1cnc[nH]1)C(=O)O. The van der Waals surface area contributed by atoms with E-state index in [1.165, 1.54) is 24.7 Å². The summed E-state index contributed by atoms with van der Waals surface area (Å²) >= 11 is 0. The van der Waals surface area contributed by atoms with Crippen LogP contribution in [0.4, 0.5) is 0 Å². The van der Waals surface area contributed by atoms with Gasteiger partial charge in [0.1, 0.15) is 23.9 Å². The zero-order chi connectivity index (χ0) is 29.7. The van der Waals surface area contributed by atoms with Gasteiger partial charge >= 0.3 is 5.97 Å². The molecule has 13 nitrogen and oxygen atoms in total. The number of phenolic OH excluding ortho intramolecular Hbond substituents is 1. The average molecular weight is 560 g/mol. The minimum Gasteiger partial charge on any atom is -0.508 e. The number of carboxylic acids is 1. The standard InChI is InChI=1S/C27H41N7O6/c1-16(2)11-22(26(38)34-23(27(39)40)13-18-14-30-15-31-18)33-25(37)21(5-3-4-10-28)32-24(36)20(29)12-17-6-8-19(35)9-7-17/h6-9,14-16,20-23,35H,3-5,10-13,28-29H2,1-2H3,(H,30,31)(H,32,36)(H,33,37)(H,34,38)(H,39,40). The van der Waals surface area contributed by atoms with Crippen molar-refractivity contribution >= 4 is 23.7 Å². The zero-order valence-corrected chi connectivity index (χ0v) is 22.9. The van der Waals surface area contributed by atoms with Gasteiger partial charge in [-0.3, -0.25) is 14.4 Å². The highest BCUT2D eigenvalue weighted by atomic mass is 16.4. The second kappa shape index (κ2) is 16.2. The smallest absolute Gasteiger partial charge is 0.326 e. The van der Waals surface area contributed by atoms with Crippen molar-refractivity contribution in [3.8, 4) is 5.75 Å². The van der Waals surface area contributed by atoms with Crippen LogP contribution >= 0.6 is 0 Å². The Balaban J connectivity index is 2.11. The molecule has 1 heterocycles. The second-order valence-corrected chi connectivity index (χ2v) is 10.2. The van der Waals surface area contributed by atoms with E-state index in [4.69, 9.17) is 11.5 Å². The Morgan fingerprint density at radius 1 is 0.925 bits per heavy atom. The fourth-order valence-corrected chi connectivity index (χ4v) is 4.08. The lowest BCUT2D eigenvalue weighted by molar-refractivity contribution is -0.142. The van der Waals surface area contributed by atoms with E-state index >= 15 is 0 Å². The molecule has 4 atom stereocenters. The summed E-state index contributed by atoms with van der Waals surface area (Å²) in [7, 11) is 0. The molecule has 0 spiro atoms. The van der Waals surface area contributed by atoms with Crippen molar-refractivity contribution in [1.82, 2.24) is 25.9 Å². The summed E-state index contributed by atoms with van der Waals surface area (Å²) in [5.74, 6) is -2.91. The van der Waals surface area contributed by atoms with Gasteiger partial charge in [-0.05, 0) is 62.3 Å². The molecule has 10 N–H and O–H groups in total. The first-order valence-electron chi connectivity index (χ1n) is 13.3. The molecule has 40 heavy (non-hydrogen) atoms. The number of rotatable bonds is 17. The minimum atomic E-state index is -1.24. The normalized spacial score (nSPS) is 14.1. The van der Waals surface area contributed by atoms with Crippen molar-refractivity contribution in [2.24, 2.45) is 17.4 Å². The molecule has 0 saturated heterocycles. The first kappa shape index (κ1) is 32.2. The number of phenols is 1. The molecule has 0 aliphatic carbocycles. The van der Waals surface area contributed by atoms with Crippen molar-refractivity contribution in [2.45, 2.75) is 76.5 Å². The molecule has 0 aliphatic heterocycles. The Labute approximate surface area is 233 Å². The van der Waals surface area contributed by atoms with Gasteiger partial charge in [-0.15, -0.1) is 0 Å². The summed E-state index contributed by atoms with van der Waals surface area (Å²) in [4.78, 5) is 57.8. The second-order valence-electron chi connectivity index (χ2n) is 10.2. The van der Waals surface area contributed by atoms with E-state index in [0.717, 1.165) is 5.56 Å². The number of nitrogens with zero attached hydrogens (tertiary/aromatic N) is 1. The molecule has 3 amide bonds. The van der Waals surface area contributed by atoms with E-state index in [0.29, 0.717) is 25.1 Å². The Morgan fingerprint density at radius 3 is 2.12 bits per heavy atom. The predicted molar refractivity (Wildman–Crippen MR) is 148 cm³/mol. The predicted octanol–water partition coefficient (Wildman–Crippen LogP) is -0.0581. The van der Waals surface area contributed by atoms with Crippen molar-refractivity contribution in [2.75, 3.05) is 6.54 Å². The summed E-state index contributed by atoms with van der Waals surface area (Å²) in [6, 6.07) is 2.09. The fraction of sp³-hybridized carbons (Fsp3) is 0.519. The first-order chi connectivity index (χ1) is 19.0. The number of amides is 3. The Morgan fingerprint density at radius 2 is 1.55 bits per heavy atom. The van der Waals surface area contributed by atoms with Gasteiger partial charge in [0.15, 0.2) is 0 Å². The maximum atomic E-state index is 13.3. The van der Waals surface area contributed by atoms with Crippen LogP contribution in [0.1, 0.15) is 50.8 Å². The molecule has 0 saturated carbocycles. The number of unbranched alkanes of at least 4 members (excludes halogenated alkanes) is 1. The number of carboxylic acid groups (broad SMARTS) is 1. The fourth-order valence-electron chi connectivity index (χ4n) is 4.08. The third kappa shape index (κ3) is 11.0. The van der Waals surface area contributed by atoms with E-state index in [9.17, 15) is 29.4 Å². The third-order valence-corrected chi connectivity index (χ3v) is 6.24. The highest BCUT2D eigenvalue weighted by molar-refractivity contribution is 5.94. The van der Waals surface area contributed by atoms with Crippen LogP contribution in [0.5, 0.6) is 5.75 Å². The number of carbonyl (C=O) groups is 4. The molecule has 0 aliphatic rings. The number of aromatic nitrogens is 2. The Hall–Kier alpha value is -3.97. The number of aromatic amines is 1. The maximum absolute atomic E-state index is 13.3. The van der Waals surface area contributed by atoms with Crippen LogP contribution in [0.25, 0.3) is 0 Å². The van der Waals surface area contributed by atoms with Gasteiger partial charge in [-0.1, -0.05) is 26.0 Å². The van der Waals surface area contributed by atoms with E-state index in [-0.39, 0.29) is 37.4 Å². The Bertz CT molecular complexity index is 1090. The van der Waals surface area contributed by atoms with Crippen molar-refractivity contribution in [3.63, 3.8) is 0 Å². The maximum Gasteiger partial charge on any atom is 0.326 e. The molecular formula is C27H41N7O6.